The predicted molar refractivity (Wildman–Crippen MR) is 123 cm³/mol. The van der Waals surface area contributed by atoms with Gasteiger partial charge in [0.05, 0.1) is 29.4 Å². The van der Waals surface area contributed by atoms with Gasteiger partial charge >= 0.3 is 0 Å². The molecule has 0 saturated carbocycles. The smallest absolute Gasteiger partial charge is 0.252 e. The van der Waals surface area contributed by atoms with Gasteiger partial charge in [0, 0.05) is 25.8 Å². The van der Waals surface area contributed by atoms with Gasteiger partial charge in [0.2, 0.25) is 5.88 Å². The Kier molecular flexibility index (Phi) is 9.53. The van der Waals surface area contributed by atoms with E-state index in [-0.39, 0.29) is 12.0 Å². The molecule has 164 valence electrons. The first-order valence-electron chi connectivity index (χ1n) is 10.5. The zero-order valence-corrected chi connectivity index (χ0v) is 18.4. The number of amides is 1. The summed E-state index contributed by atoms with van der Waals surface area (Å²) in [5.74, 6) is 0.709. The molecule has 1 aromatic carbocycles. The van der Waals surface area contributed by atoms with Crippen molar-refractivity contribution in [3.63, 3.8) is 0 Å². The first kappa shape index (κ1) is 23.9. The molecule has 0 saturated heterocycles. The summed E-state index contributed by atoms with van der Waals surface area (Å²) >= 11 is 0. The van der Waals surface area contributed by atoms with Crippen molar-refractivity contribution < 1.29 is 9.53 Å². The molecule has 1 aliphatic rings. The Morgan fingerprint density at radius 1 is 1.45 bits per heavy atom. The van der Waals surface area contributed by atoms with E-state index in [9.17, 15) is 4.79 Å². The summed E-state index contributed by atoms with van der Waals surface area (Å²) in [5.41, 5.74) is 3.13. The van der Waals surface area contributed by atoms with Crippen molar-refractivity contribution in [2.45, 2.75) is 32.8 Å². The van der Waals surface area contributed by atoms with E-state index in [4.69, 9.17) is 10.00 Å². The van der Waals surface area contributed by atoms with Gasteiger partial charge in [0.25, 0.3) is 5.91 Å². The fourth-order valence-corrected chi connectivity index (χ4v) is 3.06. The van der Waals surface area contributed by atoms with E-state index in [1.54, 1.807) is 12.1 Å². The van der Waals surface area contributed by atoms with Crippen molar-refractivity contribution in [2.24, 2.45) is 0 Å². The molecule has 2 aromatic rings. The quantitative estimate of drug-likeness (QED) is 0.592. The molecule has 3 N–H and O–H groups in total. The van der Waals surface area contributed by atoms with Gasteiger partial charge < -0.3 is 20.7 Å². The molecule has 1 aromatic heterocycles. The zero-order chi connectivity index (χ0) is 22.6. The molecule has 0 bridgehead atoms. The van der Waals surface area contributed by atoms with E-state index in [1.807, 2.05) is 38.1 Å². The third-order valence-electron chi connectivity index (χ3n) is 4.68. The van der Waals surface area contributed by atoms with E-state index in [2.05, 4.69) is 40.5 Å². The second-order valence-corrected chi connectivity index (χ2v) is 7.26. The van der Waals surface area contributed by atoms with Crippen LogP contribution < -0.4 is 20.7 Å². The van der Waals surface area contributed by atoms with E-state index in [0.717, 1.165) is 12.2 Å². The van der Waals surface area contributed by atoms with Crippen molar-refractivity contribution >= 4 is 11.6 Å². The van der Waals surface area contributed by atoms with E-state index in [0.29, 0.717) is 42.6 Å². The van der Waals surface area contributed by atoms with Gasteiger partial charge in [-0.05, 0) is 43.5 Å². The highest BCUT2D eigenvalue weighted by molar-refractivity contribution is 5.95. The summed E-state index contributed by atoms with van der Waals surface area (Å²) in [5, 5.41) is 18.4. The van der Waals surface area contributed by atoms with E-state index in [1.165, 1.54) is 11.8 Å². The Morgan fingerprint density at radius 2 is 2.16 bits per heavy atom. The highest BCUT2D eigenvalue weighted by Gasteiger charge is 2.21. The van der Waals surface area contributed by atoms with Crippen LogP contribution >= 0.6 is 0 Å². The van der Waals surface area contributed by atoms with Crippen LogP contribution in [0.3, 0.4) is 0 Å². The first-order chi connectivity index (χ1) is 15.0. The van der Waals surface area contributed by atoms with Gasteiger partial charge in [-0.1, -0.05) is 25.1 Å². The molecular weight excluding hydrogens is 390 g/mol. The number of ether oxygens (including phenoxy) is 1. The predicted octanol–water partition coefficient (Wildman–Crippen LogP) is 3.46. The summed E-state index contributed by atoms with van der Waals surface area (Å²) in [4.78, 5) is 16.2. The second-order valence-electron chi connectivity index (χ2n) is 7.26. The number of benzene rings is 1. The maximum absolute atomic E-state index is 11.9. The maximum Gasteiger partial charge on any atom is 0.252 e. The lowest BCUT2D eigenvalue weighted by molar-refractivity contribution is 0.0955. The number of carbonyl (C=O) groups excluding carboxylic acids is 1. The SMILES string of the molecule is C=CC.CCNC(=O)c1cnc2c(c1)NCC(CNCC(C)c1ccc(C#N)cc1)O2. The molecule has 0 spiro atoms. The Hall–Kier alpha value is -3.37. The van der Waals surface area contributed by atoms with Gasteiger partial charge in [0.15, 0.2) is 0 Å². The number of allylic oxidation sites excluding steroid dienone is 1. The topological polar surface area (TPSA) is 99.1 Å². The average Bonchev–Trinajstić information content (AvgIpc) is 2.79. The van der Waals surface area contributed by atoms with Gasteiger partial charge in [-0.25, -0.2) is 4.98 Å². The molecule has 7 heteroatoms. The molecule has 0 radical (unpaired) electrons. The fraction of sp³-hybridized carbons (Fsp3) is 0.375. The van der Waals surface area contributed by atoms with Crippen molar-refractivity contribution in [3.8, 4) is 11.9 Å². The highest BCUT2D eigenvalue weighted by Crippen LogP contribution is 2.27. The number of hydrogen-bond donors (Lipinski definition) is 3. The number of anilines is 1. The summed E-state index contributed by atoms with van der Waals surface area (Å²) in [7, 11) is 0. The zero-order valence-electron chi connectivity index (χ0n) is 18.4. The average molecular weight is 422 g/mol. The van der Waals surface area contributed by atoms with Gasteiger partial charge in [-0.15, -0.1) is 6.58 Å². The number of nitriles is 1. The van der Waals surface area contributed by atoms with Crippen LogP contribution in [-0.2, 0) is 0 Å². The van der Waals surface area contributed by atoms with Gasteiger partial charge in [-0.2, -0.15) is 5.26 Å². The number of fused-ring (bicyclic) bond motifs is 1. The Labute approximate surface area is 184 Å². The fourth-order valence-electron chi connectivity index (χ4n) is 3.06. The summed E-state index contributed by atoms with van der Waals surface area (Å²) in [6.45, 7) is 12.0. The number of hydrogen-bond acceptors (Lipinski definition) is 6. The number of nitrogens with zero attached hydrogens (tertiary/aromatic N) is 2. The monoisotopic (exact) mass is 421 g/mol. The molecule has 2 heterocycles. The molecule has 31 heavy (non-hydrogen) atoms. The summed E-state index contributed by atoms with van der Waals surface area (Å²) in [6.07, 6.45) is 3.25. The molecule has 0 fully saturated rings. The number of rotatable bonds is 7. The number of carbonyl (C=O) groups is 1. The number of aromatic nitrogens is 1. The van der Waals surface area contributed by atoms with Crippen LogP contribution in [-0.4, -0.2) is 43.2 Å². The number of nitrogens with one attached hydrogen (secondary N) is 3. The van der Waals surface area contributed by atoms with E-state index >= 15 is 0 Å². The Morgan fingerprint density at radius 3 is 2.81 bits per heavy atom. The molecule has 7 nitrogen and oxygen atoms in total. The molecule has 0 aliphatic carbocycles. The van der Waals surface area contributed by atoms with Crippen molar-refractivity contribution in [2.75, 3.05) is 31.5 Å². The minimum Gasteiger partial charge on any atom is -0.470 e. The molecule has 2 unspecified atom stereocenters. The van der Waals surface area contributed by atoms with Gasteiger partial charge in [0.1, 0.15) is 6.10 Å². The van der Waals surface area contributed by atoms with Crippen LogP contribution in [0.1, 0.15) is 48.2 Å². The van der Waals surface area contributed by atoms with Crippen LogP contribution in [0, 0.1) is 11.3 Å². The second kappa shape index (κ2) is 12.4. The van der Waals surface area contributed by atoms with Crippen LogP contribution in [0.5, 0.6) is 5.88 Å². The minimum absolute atomic E-state index is 0.0384. The van der Waals surface area contributed by atoms with Gasteiger partial charge in [-0.3, -0.25) is 4.79 Å². The highest BCUT2D eigenvalue weighted by atomic mass is 16.5. The van der Waals surface area contributed by atoms with E-state index < -0.39 is 0 Å². The molecule has 3 rings (SSSR count). The normalized spacial score (nSPS) is 15.0. The minimum atomic E-state index is -0.139. The van der Waals surface area contributed by atoms with Crippen molar-refractivity contribution in [1.29, 1.82) is 5.26 Å². The lowest BCUT2D eigenvalue weighted by Gasteiger charge is -2.27. The first-order valence-corrected chi connectivity index (χ1v) is 10.5. The molecule has 1 amide bonds. The third kappa shape index (κ3) is 7.12. The van der Waals surface area contributed by atoms with Crippen molar-refractivity contribution in [3.05, 3.63) is 65.9 Å². The molecular formula is C24H31N5O2. The summed E-state index contributed by atoms with van der Waals surface area (Å²) in [6, 6.07) is 11.6. The van der Waals surface area contributed by atoms with Crippen molar-refractivity contribution in [1.82, 2.24) is 15.6 Å². The lowest BCUT2D eigenvalue weighted by Crippen LogP contribution is -2.40. The Bertz CT molecular complexity index is 905. The maximum atomic E-state index is 11.9. The third-order valence-corrected chi connectivity index (χ3v) is 4.68. The van der Waals surface area contributed by atoms with Crippen LogP contribution in [0.15, 0.2) is 49.2 Å². The molecule has 2 atom stereocenters. The molecule has 1 aliphatic heterocycles. The van der Waals surface area contributed by atoms with Crippen LogP contribution in [0.4, 0.5) is 5.69 Å². The Balaban J connectivity index is 0.00000107. The number of pyridine rings is 1. The van der Waals surface area contributed by atoms with Crippen LogP contribution in [0.2, 0.25) is 0 Å². The summed E-state index contributed by atoms with van der Waals surface area (Å²) < 4.78 is 5.94. The largest absolute Gasteiger partial charge is 0.470 e. The lowest BCUT2D eigenvalue weighted by atomic mass is 10.00. The standard InChI is InChI=1S/C21H25N5O2.C3H6/c1-3-24-20(27)17-8-19-21(26-11-17)28-18(13-25-19)12-23-10-14(2)16-6-4-15(9-22)5-7-16;1-3-2/h4-8,11,14,18,23,25H,3,10,12-13H2,1-2H3,(H,24,27);3H,1H2,2H3. The van der Waals surface area contributed by atoms with Crippen LogP contribution in [0.25, 0.3) is 0 Å².